The Morgan fingerprint density at radius 1 is 1.22 bits per heavy atom. The van der Waals surface area contributed by atoms with Gasteiger partial charge in [-0.25, -0.2) is 11.1 Å². The molecule has 1 atom stereocenters. The van der Waals surface area contributed by atoms with Crippen LogP contribution < -0.4 is 67.6 Å². The fraction of sp³-hybridized carbons (Fsp3) is 0.357. The molecule has 1 aliphatic rings. The molecule has 7 nitrogen and oxygen atoms in total. The molecular weight excluding hydrogens is 477 g/mol. The molecule has 8 heteroatoms. The summed E-state index contributed by atoms with van der Waals surface area (Å²) in [5.74, 6) is 0.449. The van der Waals surface area contributed by atoms with Crippen LogP contribution in [0.15, 0.2) is 53.7 Å². The molecule has 0 saturated heterocycles. The molecule has 1 unspecified atom stereocenters. The molecule has 36 heavy (non-hydrogen) atoms. The van der Waals surface area contributed by atoms with Crippen molar-refractivity contribution >= 4 is 17.7 Å². The minimum Gasteiger partial charge on any atom is -0.379 e. The molecule has 3 heterocycles. The number of hydrogen-bond donors (Lipinski definition) is 2. The number of fused-ring (bicyclic) bond motifs is 1. The van der Waals surface area contributed by atoms with E-state index in [1.165, 1.54) is 15.7 Å². The molecule has 0 radical (unpaired) electrons. The summed E-state index contributed by atoms with van der Waals surface area (Å²) in [6, 6.07) is 12.9. The zero-order chi connectivity index (χ0) is 24.5. The summed E-state index contributed by atoms with van der Waals surface area (Å²) >= 11 is 0. The van der Waals surface area contributed by atoms with Gasteiger partial charge in [-0.2, -0.15) is 0 Å². The maximum Gasteiger partial charge on any atom is 1.00 e. The maximum atomic E-state index is 13.1. The van der Waals surface area contributed by atoms with E-state index in [0.29, 0.717) is 30.9 Å². The number of benzene rings is 1. The zero-order valence-electron chi connectivity index (χ0n) is 21.1. The Morgan fingerprint density at radius 3 is 2.72 bits per heavy atom. The molecular formula is C28H31KN5O2-. The van der Waals surface area contributed by atoms with Gasteiger partial charge in [0.2, 0.25) is 5.91 Å². The molecule has 0 aliphatic carbocycles. The second-order valence-corrected chi connectivity index (χ2v) is 8.67. The van der Waals surface area contributed by atoms with Gasteiger partial charge in [0.25, 0.3) is 5.56 Å². The first-order valence-electron chi connectivity index (χ1n) is 12.2. The van der Waals surface area contributed by atoms with E-state index in [-0.39, 0.29) is 69.4 Å². The number of nitrogens with one attached hydrogen (secondary N) is 2. The summed E-state index contributed by atoms with van der Waals surface area (Å²) < 4.78 is 1.53. The van der Waals surface area contributed by atoms with Crippen molar-refractivity contribution in [2.24, 2.45) is 0 Å². The van der Waals surface area contributed by atoms with Gasteiger partial charge in [-0.15, -0.1) is 12.3 Å². The minimum atomic E-state index is -0.555. The van der Waals surface area contributed by atoms with Crippen LogP contribution in [-0.2, 0) is 24.1 Å². The van der Waals surface area contributed by atoms with Crippen LogP contribution >= 0.6 is 0 Å². The van der Waals surface area contributed by atoms with Crippen LogP contribution in [-0.4, -0.2) is 33.5 Å². The van der Waals surface area contributed by atoms with Crippen LogP contribution in [0.2, 0.25) is 0 Å². The number of carbonyl (C=O) groups is 1. The van der Waals surface area contributed by atoms with E-state index in [1.54, 1.807) is 30.7 Å². The van der Waals surface area contributed by atoms with E-state index in [1.807, 2.05) is 0 Å². The number of aromatic nitrogens is 3. The molecule has 2 N–H and O–H groups in total. The molecule has 0 fully saturated rings. The first-order chi connectivity index (χ1) is 17.2. The average Bonchev–Trinajstić information content (AvgIpc) is 3.32. The molecule has 0 saturated carbocycles. The number of anilines is 1. The van der Waals surface area contributed by atoms with Crippen LogP contribution in [0.1, 0.15) is 54.7 Å². The predicted octanol–water partition coefficient (Wildman–Crippen LogP) is 0.560. The third kappa shape index (κ3) is 7.70. The summed E-state index contributed by atoms with van der Waals surface area (Å²) in [7, 11) is 0. The molecule has 0 spiro atoms. The summed E-state index contributed by atoms with van der Waals surface area (Å²) in [5.41, 5.74) is 3.69. The van der Waals surface area contributed by atoms with Crippen LogP contribution in [0, 0.1) is 12.1 Å². The molecule has 1 aromatic carbocycles. The molecule has 1 aliphatic heterocycles. The standard InChI is InChI=1S/C28H31N5O2.K/c1-2-6-21-10-12-22(13-11-21)7-4-17-30-24-20-32-26-15-14-25(33(26)28(24)35)27(34)31-18-5-9-23-8-3-16-29-19-23;/h3,9-13,16,19-20,25,30H,2,4,6-7,14-15,17-18H2,1H3,(H,31,34);/q-2;+1. The molecule has 1 amide bonds. The van der Waals surface area contributed by atoms with Crippen molar-refractivity contribution in [3.63, 3.8) is 0 Å². The number of aryl methyl sites for hydroxylation is 3. The van der Waals surface area contributed by atoms with Crippen molar-refractivity contribution in [1.82, 2.24) is 19.9 Å². The summed E-state index contributed by atoms with van der Waals surface area (Å²) in [5, 5.41) is 6.06. The van der Waals surface area contributed by atoms with Crippen LogP contribution in [0.5, 0.6) is 0 Å². The number of nitrogens with zero attached hydrogens (tertiary/aromatic N) is 3. The number of carbonyl (C=O) groups excluding carboxylic acids is 1. The van der Waals surface area contributed by atoms with E-state index in [2.05, 4.69) is 63.9 Å². The van der Waals surface area contributed by atoms with Gasteiger partial charge in [0, 0.05) is 13.0 Å². The van der Waals surface area contributed by atoms with Gasteiger partial charge in [-0.1, -0.05) is 43.8 Å². The van der Waals surface area contributed by atoms with Crippen molar-refractivity contribution in [1.29, 1.82) is 0 Å². The van der Waals surface area contributed by atoms with Crippen LogP contribution in [0.4, 0.5) is 5.69 Å². The second kappa shape index (κ2) is 14.6. The van der Waals surface area contributed by atoms with Crippen molar-refractivity contribution in [2.45, 2.75) is 51.5 Å². The number of amides is 1. The fourth-order valence-corrected chi connectivity index (χ4v) is 4.28. The van der Waals surface area contributed by atoms with E-state index < -0.39 is 6.04 Å². The molecule has 0 bridgehead atoms. The summed E-state index contributed by atoms with van der Waals surface area (Å²) in [6.45, 7) is 3.09. The quantitative estimate of drug-likeness (QED) is 0.225. The third-order valence-corrected chi connectivity index (χ3v) is 6.09. The Balaban J connectivity index is 0.00000361. The molecule has 3 aromatic rings. The first-order valence-corrected chi connectivity index (χ1v) is 12.2. The Hall–Kier alpha value is -2.10. The van der Waals surface area contributed by atoms with Gasteiger partial charge in [-0.05, 0) is 43.4 Å². The van der Waals surface area contributed by atoms with Gasteiger partial charge in [0.05, 0.1) is 6.20 Å². The Bertz CT molecular complexity index is 1210. The minimum absolute atomic E-state index is 0. The van der Waals surface area contributed by atoms with Crippen LogP contribution in [0.3, 0.4) is 0 Å². The molecule has 2 aromatic heterocycles. The topological polar surface area (TPSA) is 88.9 Å². The van der Waals surface area contributed by atoms with Gasteiger partial charge >= 0.3 is 51.4 Å². The van der Waals surface area contributed by atoms with Gasteiger partial charge in [0.15, 0.2) is 0 Å². The van der Waals surface area contributed by atoms with Crippen molar-refractivity contribution < 1.29 is 56.2 Å². The van der Waals surface area contributed by atoms with Crippen LogP contribution in [0.25, 0.3) is 6.08 Å². The van der Waals surface area contributed by atoms with E-state index in [9.17, 15) is 9.59 Å². The number of rotatable bonds is 11. The van der Waals surface area contributed by atoms with Crippen molar-refractivity contribution in [3.05, 3.63) is 93.9 Å². The average molecular weight is 509 g/mol. The molecule has 182 valence electrons. The Kier molecular flexibility index (Phi) is 11.5. The summed E-state index contributed by atoms with van der Waals surface area (Å²) in [6.07, 6.45) is 14.9. The number of pyridine rings is 1. The van der Waals surface area contributed by atoms with E-state index in [0.717, 1.165) is 31.2 Å². The zero-order valence-corrected chi connectivity index (χ0v) is 24.2. The first kappa shape index (κ1) is 28.5. The maximum absolute atomic E-state index is 13.1. The SMILES string of the molecule is CCCc1ccc(CCCNc2cnc3n(c2=O)C(C(=O)NC[C-]=Cc2[c-]ccnc2)CC3)cc1.[K+]. The monoisotopic (exact) mass is 508 g/mol. The predicted molar refractivity (Wildman–Crippen MR) is 137 cm³/mol. The Labute approximate surface area is 255 Å². The third-order valence-electron chi connectivity index (χ3n) is 6.09. The molecule has 4 rings (SSSR count). The normalized spacial score (nSPS) is 14.3. The van der Waals surface area contributed by atoms with Gasteiger partial charge in [0.1, 0.15) is 17.6 Å². The Morgan fingerprint density at radius 2 is 2.00 bits per heavy atom. The van der Waals surface area contributed by atoms with Crippen molar-refractivity contribution in [3.8, 4) is 0 Å². The van der Waals surface area contributed by atoms with E-state index in [4.69, 9.17) is 0 Å². The largest absolute Gasteiger partial charge is 1.00 e. The summed E-state index contributed by atoms with van der Waals surface area (Å²) in [4.78, 5) is 34.3. The fourth-order valence-electron chi connectivity index (χ4n) is 4.28. The van der Waals surface area contributed by atoms with Crippen molar-refractivity contribution in [2.75, 3.05) is 18.4 Å². The van der Waals surface area contributed by atoms with Gasteiger partial charge < -0.3 is 27.8 Å². The van der Waals surface area contributed by atoms with E-state index >= 15 is 0 Å². The smallest absolute Gasteiger partial charge is 0.379 e. The number of hydrogen-bond acceptors (Lipinski definition) is 5. The van der Waals surface area contributed by atoms with Gasteiger partial charge in [-0.3, -0.25) is 19.7 Å². The second-order valence-electron chi connectivity index (χ2n) is 8.67.